The first-order valence-corrected chi connectivity index (χ1v) is 8.79. The van der Waals surface area contributed by atoms with Crippen LogP contribution in [0.2, 0.25) is 0 Å². The number of nitrogens with zero attached hydrogens (tertiary/aromatic N) is 5. The molecule has 0 saturated carbocycles. The van der Waals surface area contributed by atoms with Crippen molar-refractivity contribution in [2.45, 2.75) is 12.2 Å². The van der Waals surface area contributed by atoms with Gasteiger partial charge in [-0.25, -0.2) is 14.4 Å². The van der Waals surface area contributed by atoms with Gasteiger partial charge in [-0.1, -0.05) is 0 Å². The molecule has 0 unspecified atom stereocenters. The summed E-state index contributed by atoms with van der Waals surface area (Å²) in [6.07, 6.45) is -3.49. The Balaban J connectivity index is 1.30. The highest BCUT2D eigenvalue weighted by atomic mass is 19.4. The monoisotopic (exact) mass is 381 g/mol. The molecule has 0 atom stereocenters. The summed E-state index contributed by atoms with van der Waals surface area (Å²) < 4.78 is 51.4. The van der Waals surface area contributed by atoms with E-state index in [0.29, 0.717) is 24.9 Å². The molecule has 0 N–H and O–H groups in total. The van der Waals surface area contributed by atoms with Gasteiger partial charge in [-0.2, -0.15) is 13.2 Å². The number of piperazine rings is 1. The van der Waals surface area contributed by atoms with Gasteiger partial charge in [0.05, 0.1) is 0 Å². The van der Waals surface area contributed by atoms with Gasteiger partial charge in [-0.15, -0.1) is 0 Å². The molecule has 0 radical (unpaired) electrons. The standard InChI is InChI=1S/C18H19F4N5/c19-13-1-3-14(4-2-13)25-5-7-26(8-6-25)15-10-27(11-15)17-9-16(18(20,21)22)23-12-24-17/h1-4,9,12,15H,5-8,10-11H2. The van der Waals surface area contributed by atoms with Crippen LogP contribution in [0.25, 0.3) is 0 Å². The quantitative estimate of drug-likeness (QED) is 0.764. The van der Waals surface area contributed by atoms with Gasteiger partial charge < -0.3 is 9.80 Å². The van der Waals surface area contributed by atoms with Crippen molar-refractivity contribution in [1.29, 1.82) is 0 Å². The highest BCUT2D eigenvalue weighted by molar-refractivity contribution is 5.47. The van der Waals surface area contributed by atoms with Gasteiger partial charge in [0, 0.05) is 57.1 Å². The fraction of sp³-hybridized carbons (Fsp3) is 0.444. The minimum Gasteiger partial charge on any atom is -0.369 e. The van der Waals surface area contributed by atoms with Crippen LogP contribution in [0.4, 0.5) is 29.1 Å². The van der Waals surface area contributed by atoms with Gasteiger partial charge in [0.2, 0.25) is 0 Å². The number of aromatic nitrogens is 2. The molecule has 9 heteroatoms. The number of hydrogen-bond donors (Lipinski definition) is 0. The molecule has 1 aromatic carbocycles. The Morgan fingerprint density at radius 1 is 0.889 bits per heavy atom. The van der Waals surface area contributed by atoms with Crippen LogP contribution >= 0.6 is 0 Å². The minimum absolute atomic E-state index is 0.245. The van der Waals surface area contributed by atoms with E-state index in [1.54, 1.807) is 12.1 Å². The fourth-order valence-corrected chi connectivity index (χ4v) is 3.55. The number of rotatable bonds is 3. The molecule has 0 bridgehead atoms. The van der Waals surface area contributed by atoms with Gasteiger partial charge >= 0.3 is 6.18 Å². The second-order valence-corrected chi connectivity index (χ2v) is 6.82. The lowest BCUT2D eigenvalue weighted by Crippen LogP contribution is -2.63. The predicted molar refractivity (Wildman–Crippen MR) is 93.2 cm³/mol. The van der Waals surface area contributed by atoms with Crippen LogP contribution in [0.5, 0.6) is 0 Å². The molecule has 5 nitrogen and oxygen atoms in total. The van der Waals surface area contributed by atoms with E-state index in [4.69, 9.17) is 0 Å². The summed E-state index contributed by atoms with van der Waals surface area (Å²) >= 11 is 0. The topological polar surface area (TPSA) is 35.5 Å². The average Bonchev–Trinajstić information content (AvgIpc) is 2.61. The lowest BCUT2D eigenvalue weighted by molar-refractivity contribution is -0.141. The smallest absolute Gasteiger partial charge is 0.369 e. The van der Waals surface area contributed by atoms with Gasteiger partial charge in [0.25, 0.3) is 0 Å². The third-order valence-corrected chi connectivity index (χ3v) is 5.15. The Hall–Kier alpha value is -2.42. The Labute approximate surface area is 154 Å². The maximum Gasteiger partial charge on any atom is 0.433 e. The first kappa shape index (κ1) is 18.0. The molecular formula is C18H19F4N5. The maximum atomic E-state index is 13.0. The molecule has 0 aliphatic carbocycles. The SMILES string of the molecule is Fc1ccc(N2CCN(C3CN(c4cc(C(F)(F)F)ncn4)C3)CC2)cc1. The summed E-state index contributed by atoms with van der Waals surface area (Å²) in [5, 5.41) is 0. The summed E-state index contributed by atoms with van der Waals surface area (Å²) in [6, 6.07) is 7.80. The van der Waals surface area contributed by atoms with E-state index in [2.05, 4.69) is 19.8 Å². The van der Waals surface area contributed by atoms with Crippen molar-refractivity contribution < 1.29 is 17.6 Å². The Morgan fingerprint density at radius 2 is 1.56 bits per heavy atom. The third-order valence-electron chi connectivity index (χ3n) is 5.15. The fourth-order valence-electron chi connectivity index (χ4n) is 3.55. The van der Waals surface area contributed by atoms with Crippen molar-refractivity contribution in [3.8, 4) is 0 Å². The van der Waals surface area contributed by atoms with Crippen molar-refractivity contribution in [2.75, 3.05) is 49.1 Å². The molecule has 2 fully saturated rings. The van der Waals surface area contributed by atoms with Crippen LogP contribution in [0.1, 0.15) is 5.69 Å². The molecule has 3 heterocycles. The zero-order chi connectivity index (χ0) is 19.0. The van der Waals surface area contributed by atoms with E-state index in [-0.39, 0.29) is 5.82 Å². The highest BCUT2D eigenvalue weighted by Gasteiger charge is 2.37. The van der Waals surface area contributed by atoms with Crippen molar-refractivity contribution in [1.82, 2.24) is 14.9 Å². The summed E-state index contributed by atoms with van der Waals surface area (Å²) in [7, 11) is 0. The van der Waals surface area contributed by atoms with Crippen LogP contribution in [0.3, 0.4) is 0 Å². The molecule has 0 spiro atoms. The van der Waals surface area contributed by atoms with Gasteiger partial charge in [-0.3, -0.25) is 4.90 Å². The lowest BCUT2D eigenvalue weighted by atomic mass is 10.1. The first-order valence-electron chi connectivity index (χ1n) is 8.79. The predicted octanol–water partition coefficient (Wildman–Crippen LogP) is 2.65. The number of anilines is 2. The van der Waals surface area contributed by atoms with E-state index in [1.165, 1.54) is 12.1 Å². The van der Waals surface area contributed by atoms with Crippen LogP contribution in [0.15, 0.2) is 36.7 Å². The molecule has 0 amide bonds. The van der Waals surface area contributed by atoms with Crippen LogP contribution in [-0.4, -0.2) is 60.2 Å². The number of hydrogen-bond acceptors (Lipinski definition) is 5. The zero-order valence-electron chi connectivity index (χ0n) is 14.5. The Kier molecular flexibility index (Phi) is 4.63. The van der Waals surface area contributed by atoms with Gasteiger partial charge in [0.15, 0.2) is 0 Å². The Morgan fingerprint density at radius 3 is 2.19 bits per heavy atom. The average molecular weight is 381 g/mol. The summed E-state index contributed by atoms with van der Waals surface area (Å²) in [6.45, 7) is 4.73. The van der Waals surface area contributed by atoms with E-state index in [0.717, 1.165) is 44.3 Å². The largest absolute Gasteiger partial charge is 0.433 e. The molecule has 2 aliphatic rings. The molecule has 27 heavy (non-hydrogen) atoms. The zero-order valence-corrected chi connectivity index (χ0v) is 14.5. The summed E-state index contributed by atoms with van der Waals surface area (Å²) in [4.78, 5) is 13.7. The van der Waals surface area contributed by atoms with Gasteiger partial charge in [0.1, 0.15) is 23.7 Å². The van der Waals surface area contributed by atoms with Crippen molar-refractivity contribution in [3.05, 3.63) is 48.2 Å². The Bertz CT molecular complexity index is 781. The van der Waals surface area contributed by atoms with Crippen molar-refractivity contribution >= 4 is 11.5 Å². The third kappa shape index (κ3) is 3.83. The highest BCUT2D eigenvalue weighted by Crippen LogP contribution is 2.30. The second-order valence-electron chi connectivity index (χ2n) is 6.82. The molecule has 2 saturated heterocycles. The van der Waals surface area contributed by atoms with Gasteiger partial charge in [-0.05, 0) is 24.3 Å². The molecule has 144 valence electrons. The van der Waals surface area contributed by atoms with E-state index >= 15 is 0 Å². The normalized spacial score (nSPS) is 19.3. The molecule has 4 rings (SSSR count). The molecule has 1 aromatic heterocycles. The first-order chi connectivity index (χ1) is 12.9. The number of halogens is 4. The second kappa shape index (κ2) is 6.95. The van der Waals surface area contributed by atoms with Crippen molar-refractivity contribution in [2.24, 2.45) is 0 Å². The molecule has 2 aliphatic heterocycles. The van der Waals surface area contributed by atoms with Crippen molar-refractivity contribution in [3.63, 3.8) is 0 Å². The summed E-state index contributed by atoms with van der Waals surface area (Å²) in [5.74, 6) is 0.0730. The number of alkyl halides is 3. The number of benzene rings is 1. The molecular weight excluding hydrogens is 362 g/mol. The minimum atomic E-state index is -4.46. The lowest BCUT2D eigenvalue weighted by Gasteiger charge is -2.49. The summed E-state index contributed by atoms with van der Waals surface area (Å²) in [5.41, 5.74) is 0.0933. The van der Waals surface area contributed by atoms with E-state index in [1.807, 2.05) is 4.90 Å². The van der Waals surface area contributed by atoms with Crippen LogP contribution in [0, 0.1) is 5.82 Å². The maximum absolute atomic E-state index is 13.0. The van der Waals surface area contributed by atoms with E-state index < -0.39 is 11.9 Å². The molecule has 2 aromatic rings. The van der Waals surface area contributed by atoms with Crippen LogP contribution in [-0.2, 0) is 6.18 Å². The van der Waals surface area contributed by atoms with Crippen LogP contribution < -0.4 is 9.80 Å². The van der Waals surface area contributed by atoms with E-state index in [9.17, 15) is 17.6 Å².